The Labute approximate surface area is 291 Å². The smallest absolute Gasteiger partial charge is 0.306 e. The summed E-state index contributed by atoms with van der Waals surface area (Å²) in [6.45, 7) is 11.2. The summed E-state index contributed by atoms with van der Waals surface area (Å²) in [6.07, 6.45) is 29.8. The fourth-order valence-corrected chi connectivity index (χ4v) is 5.87. The van der Waals surface area contributed by atoms with Crippen molar-refractivity contribution in [3.05, 3.63) is 0 Å². The highest BCUT2D eigenvalue weighted by Gasteiger charge is 2.19. The number of carbonyl (C=O) groups is 3. The zero-order chi connectivity index (χ0) is 34.8. The van der Waals surface area contributed by atoms with Gasteiger partial charge in [0.2, 0.25) is 0 Å². The fraction of sp³-hybridized carbons (Fsp3) is 0.927. The maximum Gasteiger partial charge on any atom is 0.306 e. The van der Waals surface area contributed by atoms with Crippen molar-refractivity contribution in [3.63, 3.8) is 0 Å². The molecule has 0 spiro atoms. The zero-order valence-corrected chi connectivity index (χ0v) is 31.9. The zero-order valence-electron chi connectivity index (χ0n) is 31.9. The first kappa shape index (κ1) is 45.4. The van der Waals surface area contributed by atoms with E-state index in [2.05, 4.69) is 34.6 Å². The Kier molecular flexibility index (Phi) is 33.1. The van der Waals surface area contributed by atoms with Crippen molar-refractivity contribution in [3.8, 4) is 0 Å². The van der Waals surface area contributed by atoms with Crippen molar-refractivity contribution in [2.24, 2.45) is 11.8 Å². The van der Waals surface area contributed by atoms with E-state index in [0.717, 1.165) is 76.0 Å². The monoisotopic (exact) mass is 667 g/mol. The Morgan fingerprint density at radius 1 is 0.404 bits per heavy atom. The van der Waals surface area contributed by atoms with Gasteiger partial charge in [-0.2, -0.15) is 0 Å². The van der Waals surface area contributed by atoms with Crippen LogP contribution in [0.1, 0.15) is 214 Å². The topological polar surface area (TPSA) is 78.9 Å². The molecule has 0 heterocycles. The van der Waals surface area contributed by atoms with E-state index in [1.165, 1.54) is 96.3 Å². The van der Waals surface area contributed by atoms with E-state index in [0.29, 0.717) is 19.3 Å². The summed E-state index contributed by atoms with van der Waals surface area (Å²) in [5.74, 6) is 0.733. The van der Waals surface area contributed by atoms with Crippen LogP contribution in [0, 0.1) is 11.8 Å². The minimum atomic E-state index is -0.758. The van der Waals surface area contributed by atoms with Gasteiger partial charge in [0, 0.05) is 19.3 Å². The molecule has 0 aromatic carbocycles. The van der Waals surface area contributed by atoms with Crippen molar-refractivity contribution in [1.82, 2.24) is 0 Å². The summed E-state index contributed by atoms with van der Waals surface area (Å²) in [4.78, 5) is 37.3. The fourth-order valence-electron chi connectivity index (χ4n) is 5.87. The number of unbranched alkanes of at least 4 members (excludes halogenated alkanes) is 20. The van der Waals surface area contributed by atoms with Crippen molar-refractivity contribution < 1.29 is 28.6 Å². The molecule has 0 radical (unpaired) electrons. The predicted octanol–water partition coefficient (Wildman–Crippen LogP) is 12.2. The molecular formula is C41H78O6. The first-order valence-electron chi connectivity index (χ1n) is 20.2. The van der Waals surface area contributed by atoms with E-state index in [-0.39, 0.29) is 31.1 Å². The Balaban J connectivity index is 4.26. The van der Waals surface area contributed by atoms with Crippen molar-refractivity contribution >= 4 is 17.9 Å². The molecule has 1 atom stereocenters. The summed E-state index contributed by atoms with van der Waals surface area (Å²) in [7, 11) is 0. The molecule has 0 saturated carbocycles. The molecule has 0 saturated heterocycles. The lowest BCUT2D eigenvalue weighted by molar-refractivity contribution is -0.167. The Morgan fingerprint density at radius 3 is 1.04 bits per heavy atom. The molecular weight excluding hydrogens is 588 g/mol. The molecule has 6 heteroatoms. The number of ether oxygens (including phenoxy) is 3. The van der Waals surface area contributed by atoms with E-state index in [1.807, 2.05) is 0 Å². The van der Waals surface area contributed by atoms with Crippen LogP contribution in [0.3, 0.4) is 0 Å². The molecule has 6 nitrogen and oxygen atoms in total. The van der Waals surface area contributed by atoms with Crippen molar-refractivity contribution in [1.29, 1.82) is 0 Å². The van der Waals surface area contributed by atoms with Crippen LogP contribution in [0.15, 0.2) is 0 Å². The molecule has 0 aliphatic heterocycles. The average molecular weight is 667 g/mol. The second kappa shape index (κ2) is 34.3. The molecule has 0 unspecified atom stereocenters. The van der Waals surface area contributed by atoms with E-state index < -0.39 is 6.10 Å². The van der Waals surface area contributed by atoms with Crippen LogP contribution in [-0.2, 0) is 28.6 Å². The molecule has 278 valence electrons. The molecule has 0 amide bonds. The van der Waals surface area contributed by atoms with Crippen molar-refractivity contribution in [2.45, 2.75) is 221 Å². The van der Waals surface area contributed by atoms with Crippen LogP contribution in [-0.4, -0.2) is 37.2 Å². The van der Waals surface area contributed by atoms with Crippen molar-refractivity contribution in [2.75, 3.05) is 13.2 Å². The summed E-state index contributed by atoms with van der Waals surface area (Å²) in [5.41, 5.74) is 0. The van der Waals surface area contributed by atoms with Crippen LogP contribution in [0.2, 0.25) is 0 Å². The third-order valence-corrected chi connectivity index (χ3v) is 8.97. The van der Waals surface area contributed by atoms with Crippen LogP contribution in [0.4, 0.5) is 0 Å². The Hall–Kier alpha value is -1.59. The Bertz CT molecular complexity index is 719. The maximum absolute atomic E-state index is 12.6. The second-order valence-corrected chi connectivity index (χ2v) is 14.9. The Morgan fingerprint density at radius 2 is 0.702 bits per heavy atom. The lowest BCUT2D eigenvalue weighted by atomic mass is 10.0. The number of rotatable bonds is 35. The molecule has 0 bridgehead atoms. The van der Waals surface area contributed by atoms with Gasteiger partial charge in [0.15, 0.2) is 6.10 Å². The third-order valence-electron chi connectivity index (χ3n) is 8.97. The SMILES string of the molecule is CCCCCCCC(=O)OC[C@@H](COC(=O)CCCCCCCCCCC(C)C)OC(=O)CCCCCCCCCCCCC(C)C. The molecule has 0 rings (SSSR count). The van der Waals surface area contributed by atoms with Gasteiger partial charge in [-0.1, -0.05) is 176 Å². The quantitative estimate of drug-likeness (QED) is 0.0380. The summed E-state index contributed by atoms with van der Waals surface area (Å²) in [5, 5.41) is 0. The standard InChI is InChI=1S/C41H78O6/c1-6-7-8-19-26-31-39(42)45-34-38(35-46-40(43)32-27-22-17-14-13-16-21-25-30-37(4)5)47-41(44)33-28-23-18-12-10-9-11-15-20-24-29-36(2)3/h36-38H,6-35H2,1-5H3/t38-/m0/s1. The number of esters is 3. The van der Waals surface area contributed by atoms with Gasteiger partial charge in [-0.15, -0.1) is 0 Å². The summed E-state index contributed by atoms with van der Waals surface area (Å²) >= 11 is 0. The third kappa shape index (κ3) is 35.5. The van der Waals surface area contributed by atoms with E-state index >= 15 is 0 Å². The number of hydrogen-bond acceptors (Lipinski definition) is 6. The van der Waals surface area contributed by atoms with Gasteiger partial charge < -0.3 is 14.2 Å². The van der Waals surface area contributed by atoms with Gasteiger partial charge in [-0.25, -0.2) is 0 Å². The molecule has 0 aliphatic rings. The molecule has 0 aromatic rings. The molecule has 0 aliphatic carbocycles. The normalized spacial score (nSPS) is 12.1. The van der Waals surface area contributed by atoms with E-state index in [9.17, 15) is 14.4 Å². The highest BCUT2D eigenvalue weighted by atomic mass is 16.6. The first-order chi connectivity index (χ1) is 22.7. The van der Waals surface area contributed by atoms with Gasteiger partial charge in [0.25, 0.3) is 0 Å². The number of hydrogen-bond donors (Lipinski definition) is 0. The van der Waals surface area contributed by atoms with Gasteiger partial charge >= 0.3 is 17.9 Å². The molecule has 0 aromatic heterocycles. The number of carbonyl (C=O) groups excluding carboxylic acids is 3. The van der Waals surface area contributed by atoms with Crippen LogP contribution < -0.4 is 0 Å². The van der Waals surface area contributed by atoms with Crippen LogP contribution in [0.25, 0.3) is 0 Å². The largest absolute Gasteiger partial charge is 0.462 e. The van der Waals surface area contributed by atoms with Gasteiger partial charge in [-0.3, -0.25) is 14.4 Å². The molecule has 0 fully saturated rings. The predicted molar refractivity (Wildman–Crippen MR) is 196 cm³/mol. The van der Waals surface area contributed by atoms with E-state index in [4.69, 9.17) is 14.2 Å². The van der Waals surface area contributed by atoms with E-state index in [1.54, 1.807) is 0 Å². The first-order valence-corrected chi connectivity index (χ1v) is 20.2. The lowest BCUT2D eigenvalue weighted by Gasteiger charge is -2.18. The lowest BCUT2D eigenvalue weighted by Crippen LogP contribution is -2.30. The molecule has 0 N–H and O–H groups in total. The summed E-state index contributed by atoms with van der Waals surface area (Å²) in [6, 6.07) is 0. The van der Waals surface area contributed by atoms with Gasteiger partial charge in [0.05, 0.1) is 0 Å². The minimum absolute atomic E-state index is 0.0673. The van der Waals surface area contributed by atoms with Crippen LogP contribution in [0.5, 0.6) is 0 Å². The minimum Gasteiger partial charge on any atom is -0.462 e. The maximum atomic E-state index is 12.6. The molecule has 47 heavy (non-hydrogen) atoms. The van der Waals surface area contributed by atoms with Gasteiger partial charge in [-0.05, 0) is 31.1 Å². The van der Waals surface area contributed by atoms with Crippen LogP contribution >= 0.6 is 0 Å². The van der Waals surface area contributed by atoms with Gasteiger partial charge in [0.1, 0.15) is 13.2 Å². The highest BCUT2D eigenvalue weighted by molar-refractivity contribution is 5.71. The highest BCUT2D eigenvalue weighted by Crippen LogP contribution is 2.16. The average Bonchev–Trinajstić information content (AvgIpc) is 3.03. The second-order valence-electron chi connectivity index (χ2n) is 14.9. The summed E-state index contributed by atoms with van der Waals surface area (Å²) < 4.78 is 16.5.